The highest BCUT2D eigenvalue weighted by atomic mass is 32.2. The molecule has 1 nitrogen and oxygen atoms in total. The molecular weight excluding hydrogens is 202 g/mol. The number of thioether (sulfide) groups is 1. The van der Waals surface area contributed by atoms with Gasteiger partial charge in [0.1, 0.15) is 0 Å². The van der Waals surface area contributed by atoms with E-state index in [1.807, 2.05) is 18.7 Å². The van der Waals surface area contributed by atoms with Gasteiger partial charge in [-0.2, -0.15) is 0 Å². The Morgan fingerprint density at radius 2 is 2.27 bits per heavy atom. The summed E-state index contributed by atoms with van der Waals surface area (Å²) >= 11 is 1.86. The van der Waals surface area contributed by atoms with Crippen LogP contribution in [0.25, 0.3) is 0 Å². The van der Waals surface area contributed by atoms with E-state index < -0.39 is 0 Å². The summed E-state index contributed by atoms with van der Waals surface area (Å²) in [5, 5.41) is 0. The summed E-state index contributed by atoms with van der Waals surface area (Å²) in [5.74, 6) is 1.09. The van der Waals surface area contributed by atoms with Crippen molar-refractivity contribution in [2.75, 3.05) is 5.75 Å². The first-order valence-electron chi connectivity index (χ1n) is 5.22. The van der Waals surface area contributed by atoms with E-state index in [1.165, 1.54) is 16.0 Å². The summed E-state index contributed by atoms with van der Waals surface area (Å²) in [4.78, 5) is 1.30. The second-order valence-electron chi connectivity index (χ2n) is 3.92. The van der Waals surface area contributed by atoms with Gasteiger partial charge < -0.3 is 5.73 Å². The summed E-state index contributed by atoms with van der Waals surface area (Å²) in [5.41, 5.74) is 8.28. The Morgan fingerprint density at radius 3 is 2.87 bits per heavy atom. The first-order chi connectivity index (χ1) is 7.09. The molecular formula is C13H19NS. The lowest BCUT2D eigenvalue weighted by atomic mass is 10.1. The van der Waals surface area contributed by atoms with E-state index in [9.17, 15) is 0 Å². The van der Waals surface area contributed by atoms with Gasteiger partial charge in [-0.05, 0) is 38.0 Å². The Hall–Kier alpha value is -0.730. The van der Waals surface area contributed by atoms with E-state index >= 15 is 0 Å². The van der Waals surface area contributed by atoms with Crippen LogP contribution in [0.1, 0.15) is 31.9 Å². The minimum atomic E-state index is 0.117. The zero-order valence-electron chi connectivity index (χ0n) is 9.49. The zero-order chi connectivity index (χ0) is 11.3. The monoisotopic (exact) mass is 221 g/mol. The average Bonchev–Trinajstić information content (AvgIpc) is 2.17. The van der Waals surface area contributed by atoms with Crippen molar-refractivity contribution in [1.29, 1.82) is 0 Å². The van der Waals surface area contributed by atoms with Crippen molar-refractivity contribution in [2.45, 2.75) is 31.2 Å². The van der Waals surface area contributed by atoms with Crippen LogP contribution in [0.2, 0.25) is 0 Å². The van der Waals surface area contributed by atoms with E-state index in [1.54, 1.807) is 0 Å². The Bertz CT molecular complexity index is 331. The lowest BCUT2D eigenvalue weighted by molar-refractivity contribution is 0.815. The summed E-state index contributed by atoms with van der Waals surface area (Å²) in [6.45, 7) is 7.98. The molecule has 2 heteroatoms. The van der Waals surface area contributed by atoms with Gasteiger partial charge in [0.2, 0.25) is 0 Å². The molecule has 0 spiro atoms. The maximum atomic E-state index is 5.84. The molecule has 15 heavy (non-hydrogen) atoms. The van der Waals surface area contributed by atoms with Gasteiger partial charge in [0, 0.05) is 16.7 Å². The molecule has 0 aliphatic carbocycles. The highest BCUT2D eigenvalue weighted by molar-refractivity contribution is 7.99. The molecule has 0 saturated carbocycles. The summed E-state index contributed by atoms with van der Waals surface area (Å²) in [7, 11) is 0. The average molecular weight is 221 g/mol. The molecule has 1 aromatic rings. The van der Waals surface area contributed by atoms with Gasteiger partial charge in [0.15, 0.2) is 0 Å². The molecule has 0 fully saturated rings. The summed E-state index contributed by atoms with van der Waals surface area (Å²) in [6.07, 6.45) is 1.08. The molecule has 82 valence electrons. The van der Waals surface area contributed by atoms with Crippen molar-refractivity contribution >= 4 is 11.8 Å². The number of rotatable bonds is 5. The molecule has 0 bridgehead atoms. The van der Waals surface area contributed by atoms with E-state index in [2.05, 4.69) is 37.8 Å². The molecule has 1 rings (SSSR count). The predicted octanol–water partition coefficient (Wildman–Crippen LogP) is 3.76. The lowest BCUT2D eigenvalue weighted by Crippen LogP contribution is -2.04. The van der Waals surface area contributed by atoms with Crippen LogP contribution >= 0.6 is 11.8 Å². The van der Waals surface area contributed by atoms with E-state index in [0.717, 1.165) is 12.2 Å². The number of allylic oxidation sites excluding steroid dienone is 1. The molecule has 2 N–H and O–H groups in total. The molecule has 0 amide bonds. The molecule has 0 aromatic heterocycles. The largest absolute Gasteiger partial charge is 0.324 e. The second-order valence-corrected chi connectivity index (χ2v) is 5.09. The topological polar surface area (TPSA) is 26.0 Å². The quantitative estimate of drug-likeness (QED) is 0.605. The second kappa shape index (κ2) is 5.99. The maximum Gasteiger partial charge on any atom is 0.0266 e. The SMILES string of the molecule is C=C(C)CCSc1cccc(C(C)N)c1. The van der Waals surface area contributed by atoms with Crippen LogP contribution in [-0.2, 0) is 0 Å². The standard InChI is InChI=1S/C13H19NS/c1-10(2)7-8-15-13-6-4-5-12(9-13)11(3)14/h4-6,9,11H,1,7-8,14H2,2-3H3. The predicted molar refractivity (Wildman–Crippen MR) is 69.2 cm³/mol. The van der Waals surface area contributed by atoms with Crippen LogP contribution in [0, 0.1) is 0 Å². The Balaban J connectivity index is 2.54. The van der Waals surface area contributed by atoms with Gasteiger partial charge in [-0.25, -0.2) is 0 Å². The zero-order valence-corrected chi connectivity index (χ0v) is 10.3. The molecule has 1 unspecified atom stereocenters. The van der Waals surface area contributed by atoms with Crippen LogP contribution in [0.4, 0.5) is 0 Å². The van der Waals surface area contributed by atoms with Crippen molar-refractivity contribution in [3.05, 3.63) is 42.0 Å². The minimum Gasteiger partial charge on any atom is -0.324 e. The smallest absolute Gasteiger partial charge is 0.0266 e. The number of benzene rings is 1. The molecule has 1 atom stereocenters. The molecule has 0 radical (unpaired) electrons. The fraction of sp³-hybridized carbons (Fsp3) is 0.385. The molecule has 0 heterocycles. The third-order valence-corrected chi connectivity index (χ3v) is 3.18. The van der Waals surface area contributed by atoms with Crippen molar-refractivity contribution in [1.82, 2.24) is 0 Å². The fourth-order valence-corrected chi connectivity index (χ4v) is 2.31. The van der Waals surface area contributed by atoms with Crippen molar-refractivity contribution in [3.63, 3.8) is 0 Å². The summed E-state index contributed by atoms with van der Waals surface area (Å²) < 4.78 is 0. The minimum absolute atomic E-state index is 0.117. The highest BCUT2D eigenvalue weighted by Gasteiger charge is 2.00. The van der Waals surface area contributed by atoms with Crippen LogP contribution in [-0.4, -0.2) is 5.75 Å². The third kappa shape index (κ3) is 4.54. The van der Waals surface area contributed by atoms with Gasteiger partial charge in [0.25, 0.3) is 0 Å². The Kier molecular flexibility index (Phi) is 4.92. The lowest BCUT2D eigenvalue weighted by Gasteiger charge is -2.07. The van der Waals surface area contributed by atoms with Gasteiger partial charge in [-0.1, -0.05) is 17.7 Å². The molecule has 1 aromatic carbocycles. The Labute approximate surface area is 96.8 Å². The third-order valence-electron chi connectivity index (χ3n) is 2.18. The van der Waals surface area contributed by atoms with Crippen molar-refractivity contribution in [3.8, 4) is 0 Å². The van der Waals surface area contributed by atoms with E-state index in [4.69, 9.17) is 5.73 Å². The van der Waals surface area contributed by atoms with Gasteiger partial charge in [0.05, 0.1) is 0 Å². The van der Waals surface area contributed by atoms with Crippen LogP contribution in [0.5, 0.6) is 0 Å². The van der Waals surface area contributed by atoms with Gasteiger partial charge in [-0.15, -0.1) is 18.3 Å². The number of hydrogen-bond donors (Lipinski definition) is 1. The first kappa shape index (κ1) is 12.3. The van der Waals surface area contributed by atoms with Gasteiger partial charge in [-0.3, -0.25) is 0 Å². The molecule has 0 aliphatic heterocycles. The van der Waals surface area contributed by atoms with Crippen LogP contribution in [0.3, 0.4) is 0 Å². The summed E-state index contributed by atoms with van der Waals surface area (Å²) in [6, 6.07) is 8.57. The fourth-order valence-electron chi connectivity index (χ4n) is 1.23. The Morgan fingerprint density at radius 1 is 1.53 bits per heavy atom. The molecule has 0 saturated heterocycles. The maximum absolute atomic E-state index is 5.84. The normalized spacial score (nSPS) is 12.5. The van der Waals surface area contributed by atoms with Crippen molar-refractivity contribution in [2.24, 2.45) is 5.73 Å². The first-order valence-corrected chi connectivity index (χ1v) is 6.21. The number of nitrogens with two attached hydrogens (primary N) is 1. The van der Waals surface area contributed by atoms with E-state index in [0.29, 0.717) is 0 Å². The molecule has 0 aliphatic rings. The number of hydrogen-bond acceptors (Lipinski definition) is 2. The van der Waals surface area contributed by atoms with Crippen LogP contribution in [0.15, 0.2) is 41.3 Å². The van der Waals surface area contributed by atoms with Crippen molar-refractivity contribution < 1.29 is 0 Å². The van der Waals surface area contributed by atoms with E-state index in [-0.39, 0.29) is 6.04 Å². The van der Waals surface area contributed by atoms with Gasteiger partial charge >= 0.3 is 0 Å². The highest BCUT2D eigenvalue weighted by Crippen LogP contribution is 2.22. The van der Waals surface area contributed by atoms with Crippen LogP contribution < -0.4 is 5.73 Å².